The van der Waals surface area contributed by atoms with E-state index in [9.17, 15) is 8.42 Å². The van der Waals surface area contributed by atoms with Crippen molar-refractivity contribution in [1.29, 1.82) is 0 Å². The molecule has 0 atom stereocenters. The number of imidazole rings is 1. The molecule has 0 fully saturated rings. The van der Waals surface area contributed by atoms with Crippen molar-refractivity contribution in [2.24, 2.45) is 5.92 Å². The molecule has 21 heavy (non-hydrogen) atoms. The lowest BCUT2D eigenvalue weighted by molar-refractivity contribution is 0.103. The van der Waals surface area contributed by atoms with E-state index in [1.54, 1.807) is 12.1 Å². The van der Waals surface area contributed by atoms with Crippen LogP contribution < -0.4 is 0 Å². The molecular formula is C14H20N2O3S2. The molecule has 0 amide bonds. The first kappa shape index (κ1) is 16.2. The molecule has 116 valence electrons. The zero-order valence-corrected chi connectivity index (χ0v) is 14.1. The maximum absolute atomic E-state index is 11.8. The first-order valence-corrected chi connectivity index (χ1v) is 9.10. The van der Waals surface area contributed by atoms with Crippen molar-refractivity contribution in [3.8, 4) is 0 Å². The maximum Gasteiger partial charge on any atom is 0.178 e. The Morgan fingerprint density at radius 2 is 2.10 bits per heavy atom. The summed E-state index contributed by atoms with van der Waals surface area (Å²) < 4.78 is 31.6. The predicted molar refractivity (Wildman–Crippen MR) is 85.9 cm³/mol. The molecule has 1 N–H and O–H groups in total. The number of aromatic amines is 1. The van der Waals surface area contributed by atoms with Gasteiger partial charge in [0.15, 0.2) is 14.6 Å². The predicted octanol–water partition coefficient (Wildman–Crippen LogP) is 2.77. The molecule has 0 spiro atoms. The monoisotopic (exact) mass is 328 g/mol. The molecule has 0 radical (unpaired) electrons. The molecule has 5 nitrogen and oxygen atoms in total. The number of hydrogen-bond acceptors (Lipinski definition) is 4. The van der Waals surface area contributed by atoms with Gasteiger partial charge in [0.25, 0.3) is 0 Å². The van der Waals surface area contributed by atoms with E-state index < -0.39 is 9.84 Å². The van der Waals surface area contributed by atoms with Crippen LogP contribution in [-0.2, 0) is 21.1 Å². The van der Waals surface area contributed by atoms with Crippen LogP contribution in [0.1, 0.15) is 13.8 Å². The highest BCUT2D eigenvalue weighted by atomic mass is 32.2. The number of rotatable bonds is 6. The van der Waals surface area contributed by atoms with E-state index in [4.69, 9.17) is 17.0 Å². The van der Waals surface area contributed by atoms with E-state index >= 15 is 0 Å². The number of para-hydroxylation sites is 1. The first-order chi connectivity index (χ1) is 9.80. The highest BCUT2D eigenvalue weighted by Gasteiger charge is 2.15. The number of nitrogens with one attached hydrogen (secondary N) is 1. The minimum Gasteiger partial charge on any atom is -0.379 e. The molecule has 0 saturated carbocycles. The average molecular weight is 328 g/mol. The van der Waals surface area contributed by atoms with E-state index in [0.717, 1.165) is 5.52 Å². The van der Waals surface area contributed by atoms with E-state index in [2.05, 4.69) is 18.8 Å². The molecule has 0 saturated heterocycles. The summed E-state index contributed by atoms with van der Waals surface area (Å²) in [5.41, 5.74) is 1.35. The van der Waals surface area contributed by atoms with Crippen LogP contribution in [0, 0.1) is 10.7 Å². The van der Waals surface area contributed by atoms with Crippen LogP contribution >= 0.6 is 12.2 Å². The molecule has 0 aliphatic carbocycles. The van der Waals surface area contributed by atoms with Crippen LogP contribution in [0.25, 0.3) is 11.0 Å². The number of nitrogens with zero attached hydrogens (tertiary/aromatic N) is 1. The highest BCUT2D eigenvalue weighted by molar-refractivity contribution is 7.91. The standard InChI is InChI=1S/C14H20N2O3S2/c1-10(2)9-19-8-7-16-11-5-4-6-12(21(3,17)18)13(11)15-14(16)20/h4-6,10H,7-9H2,1-3H3,(H,15,20). The molecule has 0 bridgehead atoms. The lowest BCUT2D eigenvalue weighted by Crippen LogP contribution is -2.09. The fourth-order valence-corrected chi connectivity index (χ4v) is 3.30. The van der Waals surface area contributed by atoms with Crippen LogP contribution in [0.15, 0.2) is 23.1 Å². The molecule has 2 aromatic rings. The van der Waals surface area contributed by atoms with Crippen LogP contribution in [0.4, 0.5) is 0 Å². The fourth-order valence-electron chi connectivity index (χ4n) is 2.16. The quantitative estimate of drug-likeness (QED) is 0.654. The number of hydrogen-bond donors (Lipinski definition) is 1. The smallest absolute Gasteiger partial charge is 0.178 e. The largest absolute Gasteiger partial charge is 0.379 e. The number of benzene rings is 1. The Labute approximate surface area is 129 Å². The van der Waals surface area contributed by atoms with Crippen LogP contribution in [0.3, 0.4) is 0 Å². The second-order valence-electron chi connectivity index (χ2n) is 5.47. The van der Waals surface area contributed by atoms with Crippen molar-refractivity contribution in [1.82, 2.24) is 9.55 Å². The third-order valence-corrected chi connectivity index (χ3v) is 4.54. The summed E-state index contributed by atoms with van der Waals surface area (Å²) >= 11 is 5.29. The minimum atomic E-state index is -3.29. The molecule has 0 aliphatic heterocycles. The van der Waals surface area contributed by atoms with Crippen molar-refractivity contribution in [3.05, 3.63) is 23.0 Å². The summed E-state index contributed by atoms with van der Waals surface area (Å²) in [7, 11) is -3.29. The summed E-state index contributed by atoms with van der Waals surface area (Å²) in [6.07, 6.45) is 1.20. The van der Waals surface area contributed by atoms with Crippen molar-refractivity contribution in [2.45, 2.75) is 25.3 Å². The molecule has 0 aliphatic rings. The van der Waals surface area contributed by atoms with E-state index in [1.165, 1.54) is 6.26 Å². The highest BCUT2D eigenvalue weighted by Crippen LogP contribution is 2.22. The molecule has 1 aromatic carbocycles. The molecule has 2 rings (SSSR count). The number of ether oxygens (including phenoxy) is 1. The summed E-state index contributed by atoms with van der Waals surface area (Å²) in [6.45, 7) is 6.02. The molecular weight excluding hydrogens is 308 g/mol. The summed E-state index contributed by atoms with van der Waals surface area (Å²) in [4.78, 5) is 3.27. The van der Waals surface area contributed by atoms with Gasteiger partial charge >= 0.3 is 0 Å². The number of fused-ring (bicyclic) bond motifs is 1. The van der Waals surface area contributed by atoms with Gasteiger partial charge in [-0.25, -0.2) is 8.42 Å². The van der Waals surface area contributed by atoms with Gasteiger partial charge in [0, 0.05) is 19.4 Å². The Balaban J connectivity index is 2.34. The van der Waals surface area contributed by atoms with Crippen molar-refractivity contribution in [2.75, 3.05) is 19.5 Å². The van der Waals surface area contributed by atoms with Crippen molar-refractivity contribution in [3.63, 3.8) is 0 Å². The van der Waals surface area contributed by atoms with Crippen LogP contribution in [-0.4, -0.2) is 37.4 Å². The van der Waals surface area contributed by atoms with Gasteiger partial charge in [0.1, 0.15) is 0 Å². The first-order valence-electron chi connectivity index (χ1n) is 6.80. The zero-order chi connectivity index (χ0) is 15.6. The van der Waals surface area contributed by atoms with Crippen LogP contribution in [0.2, 0.25) is 0 Å². The van der Waals surface area contributed by atoms with Crippen molar-refractivity contribution >= 4 is 33.1 Å². The summed E-state index contributed by atoms with van der Waals surface area (Å²) in [5.74, 6) is 0.484. The topological polar surface area (TPSA) is 64.1 Å². The average Bonchev–Trinajstić information content (AvgIpc) is 2.69. The Kier molecular flexibility index (Phi) is 4.85. The zero-order valence-electron chi connectivity index (χ0n) is 12.4. The van der Waals surface area contributed by atoms with Crippen LogP contribution in [0.5, 0.6) is 0 Å². The van der Waals surface area contributed by atoms with Gasteiger partial charge in [-0.1, -0.05) is 19.9 Å². The maximum atomic E-state index is 11.8. The molecule has 0 unspecified atom stereocenters. The lowest BCUT2D eigenvalue weighted by Gasteiger charge is -2.08. The second kappa shape index (κ2) is 6.29. The lowest BCUT2D eigenvalue weighted by atomic mass is 10.2. The number of aromatic nitrogens is 2. The SMILES string of the molecule is CC(C)COCCn1c(=S)[nH]c2c(S(C)(=O)=O)cccc21. The van der Waals surface area contributed by atoms with Gasteiger partial charge in [0.05, 0.1) is 22.5 Å². The molecule has 7 heteroatoms. The Bertz CT molecular complexity index is 788. The normalized spacial score (nSPS) is 12.4. The number of H-pyrrole nitrogens is 1. The Hall–Kier alpha value is -1.18. The van der Waals surface area contributed by atoms with Crippen molar-refractivity contribution < 1.29 is 13.2 Å². The third kappa shape index (κ3) is 3.72. The van der Waals surface area contributed by atoms with E-state index in [-0.39, 0.29) is 4.90 Å². The van der Waals surface area contributed by atoms with Gasteiger partial charge < -0.3 is 14.3 Å². The Morgan fingerprint density at radius 3 is 2.71 bits per heavy atom. The Morgan fingerprint density at radius 1 is 1.38 bits per heavy atom. The van der Waals surface area contributed by atoms with Gasteiger partial charge in [-0.3, -0.25) is 0 Å². The molecule has 1 aromatic heterocycles. The van der Waals surface area contributed by atoms with Gasteiger partial charge in [-0.05, 0) is 30.3 Å². The third-order valence-electron chi connectivity index (χ3n) is 3.08. The van der Waals surface area contributed by atoms with E-state index in [0.29, 0.717) is 36.0 Å². The van der Waals surface area contributed by atoms with Gasteiger partial charge in [0.2, 0.25) is 0 Å². The van der Waals surface area contributed by atoms with Gasteiger partial charge in [-0.15, -0.1) is 0 Å². The number of sulfone groups is 1. The summed E-state index contributed by atoms with van der Waals surface area (Å²) in [6, 6.07) is 5.17. The van der Waals surface area contributed by atoms with E-state index in [1.807, 2.05) is 10.6 Å². The minimum absolute atomic E-state index is 0.271. The van der Waals surface area contributed by atoms with Gasteiger partial charge in [-0.2, -0.15) is 0 Å². The summed E-state index contributed by atoms with van der Waals surface area (Å²) in [5, 5.41) is 0. The second-order valence-corrected chi connectivity index (χ2v) is 7.84. The fraction of sp³-hybridized carbons (Fsp3) is 0.500. The molecule has 1 heterocycles.